The molecule has 1 aliphatic carbocycles. The van der Waals surface area contributed by atoms with Crippen molar-refractivity contribution in [1.29, 1.82) is 15.8 Å². The van der Waals surface area contributed by atoms with Crippen molar-refractivity contribution in [1.82, 2.24) is 4.98 Å². The van der Waals surface area contributed by atoms with Crippen LogP contribution in [-0.2, 0) is 17.6 Å². The third kappa shape index (κ3) is 5.48. The Morgan fingerprint density at radius 1 is 1.02 bits per heavy atom. The maximum absolute atomic E-state index is 12.8. The number of pyridine rings is 1. The second-order valence-corrected chi connectivity index (χ2v) is 10.9. The van der Waals surface area contributed by atoms with Gasteiger partial charge in [-0.05, 0) is 48.9 Å². The smallest absolute Gasteiger partial charge is 0.225 e. The summed E-state index contributed by atoms with van der Waals surface area (Å²) in [6.07, 6.45) is 4.03. The summed E-state index contributed by atoms with van der Waals surface area (Å²) in [5, 5.41) is 33.4. The number of methoxy groups -OCH3 is 3. The highest BCUT2D eigenvalue weighted by Crippen LogP contribution is 2.44. The Morgan fingerprint density at radius 2 is 1.68 bits per heavy atom. The number of ether oxygens (including phenoxy) is 3. The molecule has 0 saturated carbocycles. The van der Waals surface area contributed by atoms with E-state index in [0.717, 1.165) is 31.2 Å². The van der Waals surface area contributed by atoms with E-state index in [1.807, 2.05) is 0 Å². The molecule has 2 aromatic heterocycles. The molecule has 0 saturated heterocycles. The molecular weight excluding hydrogens is 548 g/mol. The molecule has 2 heterocycles. The Hall–Kier alpha value is -4.44. The Labute approximate surface area is 240 Å². The van der Waals surface area contributed by atoms with Crippen LogP contribution in [0.1, 0.15) is 46.4 Å². The second-order valence-electron chi connectivity index (χ2n) is 8.74. The molecule has 1 amide bonds. The maximum Gasteiger partial charge on any atom is 0.225 e. The van der Waals surface area contributed by atoms with Gasteiger partial charge in [0, 0.05) is 22.6 Å². The quantitative estimate of drug-likeness (QED) is 0.331. The van der Waals surface area contributed by atoms with Gasteiger partial charge in [-0.2, -0.15) is 15.8 Å². The fraction of sp³-hybridized carbons (Fsp3) is 0.321. The van der Waals surface area contributed by atoms with E-state index >= 15 is 0 Å². The molecule has 1 aromatic carbocycles. The van der Waals surface area contributed by atoms with Gasteiger partial charge in [0.05, 0.1) is 32.5 Å². The minimum absolute atomic E-state index is 0.0404. The number of hydrogen-bond acceptors (Lipinski definition) is 11. The van der Waals surface area contributed by atoms with Gasteiger partial charge in [0.2, 0.25) is 11.7 Å². The van der Waals surface area contributed by atoms with E-state index in [1.165, 1.54) is 49.3 Å². The molecule has 0 spiro atoms. The fourth-order valence-corrected chi connectivity index (χ4v) is 6.81. The van der Waals surface area contributed by atoms with Crippen LogP contribution in [0.25, 0.3) is 11.1 Å². The molecule has 10 nitrogen and oxygen atoms in total. The summed E-state index contributed by atoms with van der Waals surface area (Å²) in [4.78, 5) is 18.3. The van der Waals surface area contributed by atoms with E-state index in [2.05, 4.69) is 28.5 Å². The van der Waals surface area contributed by atoms with E-state index in [4.69, 9.17) is 19.9 Å². The molecule has 4 rings (SSSR count). The first-order chi connectivity index (χ1) is 19.4. The molecule has 0 radical (unpaired) electrons. The molecule has 0 fully saturated rings. The standard InChI is InChI=1S/C28H26N6O4S2/c1-36-20-10-15(11-21(37-2)25(20)38-3)24-18(13-30)26(32)34-27(19(24)14-31)39-9-8-23(35)33-28-17(12-29)16-6-4-5-7-22(16)40-28/h10-11H,4-9H2,1-3H3,(H2,32,34)(H,33,35). The van der Waals surface area contributed by atoms with Crippen LogP contribution in [0.5, 0.6) is 17.2 Å². The number of nitrogen functional groups attached to an aromatic ring is 1. The van der Waals surface area contributed by atoms with E-state index < -0.39 is 0 Å². The highest BCUT2D eigenvalue weighted by molar-refractivity contribution is 7.99. The van der Waals surface area contributed by atoms with Crippen LogP contribution in [0.4, 0.5) is 10.8 Å². The number of anilines is 2. The molecule has 3 aromatic rings. The highest BCUT2D eigenvalue weighted by atomic mass is 32.2. The lowest BCUT2D eigenvalue weighted by Crippen LogP contribution is -2.12. The summed E-state index contributed by atoms with van der Waals surface area (Å²) >= 11 is 2.66. The summed E-state index contributed by atoms with van der Waals surface area (Å²) in [5.74, 6) is 1.06. The van der Waals surface area contributed by atoms with E-state index in [9.17, 15) is 20.6 Å². The predicted molar refractivity (Wildman–Crippen MR) is 153 cm³/mol. The first-order valence-corrected chi connectivity index (χ1v) is 14.1. The zero-order valence-electron chi connectivity index (χ0n) is 22.2. The first-order valence-electron chi connectivity index (χ1n) is 12.3. The number of nitrogens with two attached hydrogens (primary N) is 1. The average Bonchev–Trinajstić information content (AvgIpc) is 3.32. The normalized spacial score (nSPS) is 11.9. The number of hydrogen-bond donors (Lipinski definition) is 2. The summed E-state index contributed by atoms with van der Waals surface area (Å²) < 4.78 is 16.3. The number of thiophene rings is 1. The molecule has 40 heavy (non-hydrogen) atoms. The number of aromatic nitrogens is 1. The minimum Gasteiger partial charge on any atom is -0.493 e. The van der Waals surface area contributed by atoms with Gasteiger partial charge in [0.1, 0.15) is 39.6 Å². The number of benzene rings is 1. The molecule has 0 bridgehead atoms. The van der Waals surface area contributed by atoms with Crippen molar-refractivity contribution in [2.45, 2.75) is 37.1 Å². The summed E-state index contributed by atoms with van der Waals surface area (Å²) in [7, 11) is 4.41. The number of amides is 1. The van der Waals surface area contributed by atoms with Crippen LogP contribution >= 0.6 is 23.1 Å². The van der Waals surface area contributed by atoms with Gasteiger partial charge in [-0.25, -0.2) is 4.98 Å². The molecule has 0 atom stereocenters. The number of fused-ring (bicyclic) bond motifs is 1. The number of rotatable bonds is 9. The number of nitriles is 3. The first kappa shape index (κ1) is 28.6. The third-order valence-corrected chi connectivity index (χ3v) is 8.66. The van der Waals surface area contributed by atoms with Crippen molar-refractivity contribution >= 4 is 39.8 Å². The number of carbonyl (C=O) groups is 1. The zero-order chi connectivity index (χ0) is 28.8. The van der Waals surface area contributed by atoms with Gasteiger partial charge in [-0.1, -0.05) is 0 Å². The molecule has 3 N–H and O–H groups in total. The van der Waals surface area contributed by atoms with Gasteiger partial charge in [0.15, 0.2) is 11.5 Å². The van der Waals surface area contributed by atoms with Crippen LogP contribution < -0.4 is 25.3 Å². The molecule has 0 unspecified atom stereocenters. The van der Waals surface area contributed by atoms with Crippen LogP contribution in [0.15, 0.2) is 17.2 Å². The van der Waals surface area contributed by atoms with Crippen LogP contribution in [0.2, 0.25) is 0 Å². The molecule has 1 aliphatic rings. The van der Waals surface area contributed by atoms with Crippen molar-refractivity contribution in [2.75, 3.05) is 38.1 Å². The summed E-state index contributed by atoms with van der Waals surface area (Å²) in [6, 6.07) is 9.71. The molecule has 0 aliphatic heterocycles. The van der Waals surface area contributed by atoms with Crippen LogP contribution in [-0.4, -0.2) is 38.0 Å². The number of aryl methyl sites for hydroxylation is 1. The average molecular weight is 575 g/mol. The number of carbonyl (C=O) groups excluding carboxylic acids is 1. The van der Waals surface area contributed by atoms with Gasteiger partial charge in [-0.3, -0.25) is 4.79 Å². The number of nitrogens with one attached hydrogen (secondary N) is 1. The van der Waals surface area contributed by atoms with Crippen molar-refractivity contribution in [3.05, 3.63) is 39.3 Å². The summed E-state index contributed by atoms with van der Waals surface area (Å²) in [6.45, 7) is 0. The molecule has 12 heteroatoms. The lowest BCUT2D eigenvalue weighted by Gasteiger charge is -2.17. The maximum atomic E-state index is 12.8. The van der Waals surface area contributed by atoms with E-state index in [-0.39, 0.29) is 34.8 Å². The van der Waals surface area contributed by atoms with Crippen LogP contribution in [0.3, 0.4) is 0 Å². The Balaban J connectivity index is 1.60. The second kappa shape index (κ2) is 12.6. The molecule has 204 valence electrons. The van der Waals surface area contributed by atoms with Crippen molar-refractivity contribution in [3.63, 3.8) is 0 Å². The Kier molecular flexibility index (Phi) is 9.00. The monoisotopic (exact) mass is 574 g/mol. The van der Waals surface area contributed by atoms with Gasteiger partial charge >= 0.3 is 0 Å². The SMILES string of the molecule is COc1cc(-c2c(C#N)c(N)nc(SCCC(=O)Nc3sc4c(c3C#N)CCCC4)c2C#N)cc(OC)c1OC. The lowest BCUT2D eigenvalue weighted by molar-refractivity contribution is -0.115. The Bertz CT molecular complexity index is 1570. The summed E-state index contributed by atoms with van der Waals surface area (Å²) in [5.41, 5.74) is 8.69. The van der Waals surface area contributed by atoms with Crippen molar-refractivity contribution in [3.8, 4) is 46.6 Å². The van der Waals surface area contributed by atoms with Gasteiger partial charge in [-0.15, -0.1) is 23.1 Å². The van der Waals surface area contributed by atoms with Crippen molar-refractivity contribution < 1.29 is 19.0 Å². The number of thioether (sulfide) groups is 1. The van der Waals surface area contributed by atoms with Gasteiger partial charge < -0.3 is 25.3 Å². The van der Waals surface area contributed by atoms with E-state index in [1.54, 1.807) is 12.1 Å². The number of nitrogens with zero attached hydrogens (tertiary/aromatic N) is 4. The van der Waals surface area contributed by atoms with E-state index in [0.29, 0.717) is 44.2 Å². The third-order valence-electron chi connectivity index (χ3n) is 6.47. The minimum atomic E-state index is -0.243. The largest absolute Gasteiger partial charge is 0.493 e. The lowest BCUT2D eigenvalue weighted by atomic mass is 9.96. The zero-order valence-corrected chi connectivity index (χ0v) is 23.8. The van der Waals surface area contributed by atoms with Gasteiger partial charge in [0.25, 0.3) is 0 Å². The van der Waals surface area contributed by atoms with Crippen molar-refractivity contribution in [2.24, 2.45) is 0 Å². The molecular formula is C28H26N6O4S2. The Morgan fingerprint density at radius 3 is 2.27 bits per heavy atom. The van der Waals surface area contributed by atoms with Crippen LogP contribution in [0, 0.1) is 34.0 Å². The fourth-order valence-electron chi connectivity index (χ4n) is 4.62. The highest BCUT2D eigenvalue weighted by Gasteiger charge is 2.25. The topological polar surface area (TPSA) is 167 Å². The predicted octanol–water partition coefficient (Wildman–Crippen LogP) is 5.03.